The molecule has 2 N–H and O–H groups in total. The molecular formula is C16H33BO4. The summed E-state index contributed by atoms with van der Waals surface area (Å²) >= 11 is 0. The summed E-state index contributed by atoms with van der Waals surface area (Å²) in [6.45, 7) is 9.38. The average molecular weight is 300 g/mol. The van der Waals surface area contributed by atoms with Crippen LogP contribution in [0.1, 0.15) is 73.1 Å². The van der Waals surface area contributed by atoms with E-state index in [-0.39, 0.29) is 0 Å². The number of rotatable bonds is 12. The topological polar surface area (TPSA) is 58.9 Å². The van der Waals surface area contributed by atoms with Gasteiger partial charge in [0.15, 0.2) is 0 Å². The number of unbranched alkanes of at least 4 members (excludes halogenated alkanes) is 4. The van der Waals surface area contributed by atoms with Crippen molar-refractivity contribution in [2.45, 2.75) is 84.3 Å². The number of aliphatic hydroxyl groups is 1. The fourth-order valence-corrected chi connectivity index (χ4v) is 1.54. The second kappa shape index (κ2) is 10.4. The molecule has 0 aromatic heterocycles. The predicted octanol–water partition coefficient (Wildman–Crippen LogP) is 3.46. The van der Waals surface area contributed by atoms with Crippen LogP contribution in [-0.4, -0.2) is 35.3 Å². The zero-order valence-electron chi connectivity index (χ0n) is 14.4. The lowest BCUT2D eigenvalue weighted by Gasteiger charge is -2.37. The van der Waals surface area contributed by atoms with Gasteiger partial charge in [0.2, 0.25) is 0 Å². The second-order valence-electron chi connectivity index (χ2n) is 6.47. The van der Waals surface area contributed by atoms with Gasteiger partial charge in [-0.2, -0.15) is 0 Å². The minimum absolute atomic E-state index is 0.450. The summed E-state index contributed by atoms with van der Waals surface area (Å²) in [5.74, 6) is 0. The fraction of sp³-hybridized carbons (Fsp3) is 0.875. The van der Waals surface area contributed by atoms with Crippen LogP contribution in [0, 0.1) is 0 Å². The van der Waals surface area contributed by atoms with Crippen molar-refractivity contribution in [2.75, 3.05) is 6.61 Å². The molecule has 0 atom stereocenters. The van der Waals surface area contributed by atoms with Gasteiger partial charge in [-0.15, -0.1) is 0 Å². The highest BCUT2D eigenvalue weighted by molar-refractivity contribution is 6.34. The van der Waals surface area contributed by atoms with Crippen LogP contribution in [-0.2, 0) is 9.31 Å². The van der Waals surface area contributed by atoms with Gasteiger partial charge in [-0.25, -0.2) is 0 Å². The lowest BCUT2D eigenvalue weighted by atomic mass is 9.88. The lowest BCUT2D eigenvalue weighted by Crippen LogP contribution is -2.51. The first-order valence-electron chi connectivity index (χ1n) is 8.05. The molecule has 0 radical (unpaired) electrons. The smallest absolute Gasteiger partial charge is 0.402 e. The first kappa shape index (κ1) is 20.6. The van der Waals surface area contributed by atoms with Crippen molar-refractivity contribution in [3.63, 3.8) is 0 Å². The quantitative estimate of drug-likeness (QED) is 0.329. The first-order valence-corrected chi connectivity index (χ1v) is 8.05. The minimum Gasteiger partial charge on any atom is -0.402 e. The van der Waals surface area contributed by atoms with Gasteiger partial charge < -0.3 is 19.4 Å². The third kappa shape index (κ3) is 10.1. The lowest BCUT2D eigenvalue weighted by molar-refractivity contribution is -0.113. The molecule has 21 heavy (non-hydrogen) atoms. The molecule has 0 bridgehead atoms. The monoisotopic (exact) mass is 300 g/mol. The molecule has 0 fully saturated rings. The Balaban J connectivity index is 3.67. The van der Waals surface area contributed by atoms with Crippen LogP contribution in [0.15, 0.2) is 12.2 Å². The molecule has 4 nitrogen and oxygen atoms in total. The molecule has 0 aromatic rings. The zero-order valence-corrected chi connectivity index (χ0v) is 14.4. The molecule has 0 unspecified atom stereocenters. The normalized spacial score (nSPS) is 13.1. The van der Waals surface area contributed by atoms with Gasteiger partial charge in [-0.05, 0) is 53.4 Å². The van der Waals surface area contributed by atoms with E-state index >= 15 is 0 Å². The van der Waals surface area contributed by atoms with Crippen molar-refractivity contribution >= 4 is 7.32 Å². The number of hydrogen-bond donors (Lipinski definition) is 2. The summed E-state index contributed by atoms with van der Waals surface area (Å²) in [5, 5.41) is 19.6. The van der Waals surface area contributed by atoms with Crippen molar-refractivity contribution in [1.82, 2.24) is 0 Å². The Bertz CT molecular complexity index is 284. The van der Waals surface area contributed by atoms with Gasteiger partial charge >= 0.3 is 7.32 Å². The SMILES string of the molecule is CCCCC=CCCCCOB(O)OC(C)(C)C(C)(C)O. The molecule has 0 amide bonds. The van der Waals surface area contributed by atoms with Crippen molar-refractivity contribution in [2.24, 2.45) is 0 Å². The molecule has 0 aliphatic rings. The van der Waals surface area contributed by atoms with Gasteiger partial charge in [-0.1, -0.05) is 31.9 Å². The Morgan fingerprint density at radius 2 is 1.57 bits per heavy atom. The molecule has 0 aliphatic carbocycles. The van der Waals surface area contributed by atoms with Gasteiger partial charge in [0.1, 0.15) is 0 Å². The fourth-order valence-electron chi connectivity index (χ4n) is 1.54. The maximum absolute atomic E-state index is 9.93. The van der Waals surface area contributed by atoms with E-state index in [1.165, 1.54) is 12.8 Å². The van der Waals surface area contributed by atoms with Crippen molar-refractivity contribution < 1.29 is 19.4 Å². The maximum atomic E-state index is 9.93. The van der Waals surface area contributed by atoms with E-state index < -0.39 is 18.5 Å². The van der Waals surface area contributed by atoms with E-state index in [2.05, 4.69) is 19.1 Å². The van der Waals surface area contributed by atoms with Crippen LogP contribution >= 0.6 is 0 Å². The molecule has 0 heterocycles. The van der Waals surface area contributed by atoms with Crippen LogP contribution in [0.4, 0.5) is 0 Å². The Morgan fingerprint density at radius 3 is 2.10 bits per heavy atom. The average Bonchev–Trinajstić information content (AvgIpc) is 2.35. The molecule has 5 heteroatoms. The minimum atomic E-state index is -1.30. The molecule has 0 rings (SSSR count). The molecule has 124 valence electrons. The van der Waals surface area contributed by atoms with Crippen LogP contribution < -0.4 is 0 Å². The van der Waals surface area contributed by atoms with Gasteiger partial charge in [-0.3, -0.25) is 0 Å². The largest absolute Gasteiger partial charge is 0.637 e. The van der Waals surface area contributed by atoms with Gasteiger partial charge in [0, 0.05) is 6.61 Å². The number of hydrogen-bond acceptors (Lipinski definition) is 4. The number of allylic oxidation sites excluding steroid dienone is 2. The Labute approximate surface area is 130 Å². The van der Waals surface area contributed by atoms with E-state index in [1.807, 2.05) is 0 Å². The summed E-state index contributed by atoms with van der Waals surface area (Å²) in [5.41, 5.74) is -1.94. The highest BCUT2D eigenvalue weighted by Gasteiger charge is 2.39. The third-order valence-electron chi connectivity index (χ3n) is 3.79. The maximum Gasteiger partial charge on any atom is 0.637 e. The molecule has 0 saturated heterocycles. The highest BCUT2D eigenvalue weighted by Crippen LogP contribution is 2.25. The van der Waals surface area contributed by atoms with Crippen LogP contribution in [0.25, 0.3) is 0 Å². The zero-order chi connectivity index (χ0) is 16.4. The van der Waals surface area contributed by atoms with Crippen molar-refractivity contribution in [3.8, 4) is 0 Å². The Hall–Kier alpha value is -0.355. The van der Waals surface area contributed by atoms with Crippen molar-refractivity contribution in [1.29, 1.82) is 0 Å². The third-order valence-corrected chi connectivity index (χ3v) is 3.79. The standard InChI is InChI=1S/C16H33BO4/c1-6-7-8-9-10-11-12-13-14-20-17(19)21-16(4,5)15(2,3)18/h9-10,18-19H,6-8,11-14H2,1-5H3. The summed E-state index contributed by atoms with van der Waals surface area (Å²) < 4.78 is 10.6. The summed E-state index contributed by atoms with van der Waals surface area (Å²) in [6.07, 6.45) is 11.0. The van der Waals surface area contributed by atoms with E-state index in [4.69, 9.17) is 9.31 Å². The van der Waals surface area contributed by atoms with Crippen LogP contribution in [0.2, 0.25) is 0 Å². The second-order valence-corrected chi connectivity index (χ2v) is 6.47. The summed E-state index contributed by atoms with van der Waals surface area (Å²) in [7, 11) is -1.30. The highest BCUT2D eigenvalue weighted by atomic mass is 16.7. The first-order chi connectivity index (χ1) is 9.70. The summed E-state index contributed by atoms with van der Waals surface area (Å²) in [6, 6.07) is 0. The molecule has 0 saturated carbocycles. The summed E-state index contributed by atoms with van der Waals surface area (Å²) in [4.78, 5) is 0. The molecular weight excluding hydrogens is 267 g/mol. The van der Waals surface area contributed by atoms with E-state index in [1.54, 1.807) is 27.7 Å². The Kier molecular flexibility index (Phi) is 10.2. The Morgan fingerprint density at radius 1 is 1.00 bits per heavy atom. The molecule has 0 aliphatic heterocycles. The van der Waals surface area contributed by atoms with E-state index in [0.717, 1.165) is 25.7 Å². The van der Waals surface area contributed by atoms with Crippen molar-refractivity contribution in [3.05, 3.63) is 12.2 Å². The predicted molar refractivity (Wildman–Crippen MR) is 87.9 cm³/mol. The van der Waals surface area contributed by atoms with E-state index in [9.17, 15) is 10.1 Å². The van der Waals surface area contributed by atoms with E-state index in [0.29, 0.717) is 6.61 Å². The van der Waals surface area contributed by atoms with Crippen LogP contribution in [0.3, 0.4) is 0 Å². The van der Waals surface area contributed by atoms with Gasteiger partial charge in [0.25, 0.3) is 0 Å². The van der Waals surface area contributed by atoms with Gasteiger partial charge in [0.05, 0.1) is 11.2 Å². The van der Waals surface area contributed by atoms with Crippen LogP contribution in [0.5, 0.6) is 0 Å². The molecule has 0 aromatic carbocycles. The molecule has 0 spiro atoms.